The first kappa shape index (κ1) is 14.0. The quantitative estimate of drug-likeness (QED) is 0.917. The molecule has 2 bridgehead atoms. The van der Waals surface area contributed by atoms with E-state index in [-0.39, 0.29) is 23.6 Å². The number of rotatable bonds is 3. The zero-order valence-electron chi connectivity index (χ0n) is 11.8. The molecule has 0 radical (unpaired) electrons. The van der Waals surface area contributed by atoms with Gasteiger partial charge in [-0.3, -0.25) is 4.79 Å². The van der Waals surface area contributed by atoms with Crippen molar-refractivity contribution in [2.45, 2.75) is 26.2 Å². The molecule has 5 heteroatoms. The molecule has 21 heavy (non-hydrogen) atoms. The Labute approximate surface area is 122 Å². The van der Waals surface area contributed by atoms with Gasteiger partial charge in [-0.15, -0.1) is 0 Å². The first-order valence-electron chi connectivity index (χ1n) is 7.25. The van der Waals surface area contributed by atoms with Gasteiger partial charge in [-0.1, -0.05) is 0 Å². The van der Waals surface area contributed by atoms with Crippen LogP contribution < -0.4 is 10.4 Å². The Hall–Kier alpha value is -1.91. The molecule has 2 fully saturated rings. The molecule has 3 rings (SSSR count). The van der Waals surface area contributed by atoms with Crippen LogP contribution in [0.1, 0.15) is 24.8 Å². The smallest absolute Gasteiger partial charge is 0.228 e. The predicted octanol–water partition coefficient (Wildman–Crippen LogP) is 1.48. The number of hydrogen-bond acceptors (Lipinski definition) is 3. The molecule has 1 aromatic rings. The second kappa shape index (κ2) is 5.13. The van der Waals surface area contributed by atoms with Crippen molar-refractivity contribution in [1.29, 1.82) is 0 Å². The monoisotopic (exact) mass is 290 g/mol. The van der Waals surface area contributed by atoms with Crippen LogP contribution in [0, 0.1) is 36.4 Å². The largest absolute Gasteiger partial charge is 0.550 e. The lowest BCUT2D eigenvalue weighted by Gasteiger charge is -2.30. The standard InChI is InChI=1S/C16H18FNO3/c1-8-6-11(17)4-5-12(8)18-15(19)13-9-2-3-10(7-9)14(13)16(20)21/h4-6,9-10,13-14H,2-3,7H2,1H3,(H,18,19)(H,20,21)/p-1/t9-,10-,13-,14-/m0/s1. The van der Waals surface area contributed by atoms with Gasteiger partial charge in [0.1, 0.15) is 5.82 Å². The summed E-state index contributed by atoms with van der Waals surface area (Å²) in [5, 5.41) is 14.1. The fraction of sp³-hybridized carbons (Fsp3) is 0.500. The number of hydrogen-bond donors (Lipinski definition) is 1. The number of carboxylic acid groups (broad SMARTS) is 1. The van der Waals surface area contributed by atoms with Crippen molar-refractivity contribution < 1.29 is 19.1 Å². The van der Waals surface area contributed by atoms with E-state index in [1.165, 1.54) is 18.2 Å². The third-order valence-electron chi connectivity index (χ3n) is 4.94. The van der Waals surface area contributed by atoms with Crippen LogP contribution in [0.2, 0.25) is 0 Å². The summed E-state index contributed by atoms with van der Waals surface area (Å²) in [4.78, 5) is 23.8. The molecular weight excluding hydrogens is 273 g/mol. The van der Waals surface area contributed by atoms with Gasteiger partial charge in [0.25, 0.3) is 0 Å². The van der Waals surface area contributed by atoms with Crippen molar-refractivity contribution in [1.82, 2.24) is 0 Å². The van der Waals surface area contributed by atoms with Crippen LogP contribution in [-0.4, -0.2) is 11.9 Å². The molecule has 0 aromatic heterocycles. The van der Waals surface area contributed by atoms with Crippen LogP contribution in [0.15, 0.2) is 18.2 Å². The summed E-state index contributed by atoms with van der Waals surface area (Å²) in [6.45, 7) is 1.70. The predicted molar refractivity (Wildman–Crippen MR) is 72.6 cm³/mol. The molecule has 1 aromatic carbocycles. The summed E-state index contributed by atoms with van der Waals surface area (Å²) in [7, 11) is 0. The molecule has 1 amide bonds. The lowest BCUT2D eigenvalue weighted by atomic mass is 9.78. The highest BCUT2D eigenvalue weighted by Crippen LogP contribution is 2.52. The maximum absolute atomic E-state index is 13.1. The molecule has 4 atom stereocenters. The molecule has 1 N–H and O–H groups in total. The summed E-state index contributed by atoms with van der Waals surface area (Å²) < 4.78 is 13.1. The Bertz CT molecular complexity index is 601. The highest BCUT2D eigenvalue weighted by molar-refractivity contribution is 5.96. The minimum Gasteiger partial charge on any atom is -0.550 e. The number of anilines is 1. The van der Waals surface area contributed by atoms with E-state index in [1.54, 1.807) is 6.92 Å². The van der Waals surface area contributed by atoms with E-state index in [9.17, 15) is 19.1 Å². The zero-order valence-corrected chi connectivity index (χ0v) is 11.8. The van der Waals surface area contributed by atoms with Gasteiger partial charge in [-0.05, 0) is 61.8 Å². The van der Waals surface area contributed by atoms with E-state index < -0.39 is 17.8 Å². The van der Waals surface area contributed by atoms with Gasteiger partial charge in [0, 0.05) is 23.5 Å². The van der Waals surface area contributed by atoms with Crippen molar-refractivity contribution in [3.63, 3.8) is 0 Å². The topological polar surface area (TPSA) is 69.2 Å². The molecule has 0 saturated heterocycles. The fourth-order valence-electron chi connectivity index (χ4n) is 3.99. The van der Waals surface area contributed by atoms with Gasteiger partial charge in [-0.2, -0.15) is 0 Å². The van der Waals surface area contributed by atoms with Gasteiger partial charge in [0.15, 0.2) is 0 Å². The fourth-order valence-corrected chi connectivity index (χ4v) is 3.99. The minimum atomic E-state index is -1.13. The number of amides is 1. The number of carboxylic acids is 1. The van der Waals surface area contributed by atoms with E-state index in [0.717, 1.165) is 19.3 Å². The van der Waals surface area contributed by atoms with E-state index in [0.29, 0.717) is 11.3 Å². The van der Waals surface area contributed by atoms with Gasteiger partial charge >= 0.3 is 0 Å². The second-order valence-electron chi connectivity index (χ2n) is 6.15. The van der Waals surface area contributed by atoms with Crippen molar-refractivity contribution >= 4 is 17.6 Å². The molecule has 112 valence electrons. The summed E-state index contributed by atoms with van der Waals surface area (Å²) in [5.74, 6) is -2.81. The normalized spacial score (nSPS) is 30.4. The van der Waals surface area contributed by atoms with Gasteiger partial charge < -0.3 is 15.2 Å². The Morgan fingerprint density at radius 3 is 2.52 bits per heavy atom. The number of carbonyl (C=O) groups excluding carboxylic acids is 2. The Balaban J connectivity index is 1.80. The Morgan fingerprint density at radius 2 is 1.90 bits per heavy atom. The average Bonchev–Trinajstić information content (AvgIpc) is 3.02. The summed E-state index contributed by atoms with van der Waals surface area (Å²) >= 11 is 0. The highest BCUT2D eigenvalue weighted by Gasteiger charge is 2.51. The molecule has 0 heterocycles. The molecule has 0 spiro atoms. The molecule has 0 unspecified atom stereocenters. The maximum atomic E-state index is 13.1. The van der Waals surface area contributed by atoms with Crippen LogP contribution in [0.5, 0.6) is 0 Å². The Morgan fingerprint density at radius 1 is 1.24 bits per heavy atom. The molecular formula is C16H17FNO3-. The SMILES string of the molecule is Cc1cc(F)ccc1NC(=O)[C@H]1[C@H]2CC[C@@H](C2)[C@@H]1C(=O)[O-]. The van der Waals surface area contributed by atoms with Crippen molar-refractivity contribution in [2.24, 2.45) is 23.7 Å². The van der Waals surface area contributed by atoms with Crippen molar-refractivity contribution in [3.8, 4) is 0 Å². The molecule has 2 saturated carbocycles. The van der Waals surface area contributed by atoms with E-state index in [2.05, 4.69) is 5.32 Å². The zero-order chi connectivity index (χ0) is 15.1. The number of benzene rings is 1. The van der Waals surface area contributed by atoms with Crippen LogP contribution in [0.3, 0.4) is 0 Å². The lowest BCUT2D eigenvalue weighted by Crippen LogP contribution is -2.44. The van der Waals surface area contributed by atoms with Gasteiger partial charge in [0.2, 0.25) is 5.91 Å². The van der Waals surface area contributed by atoms with Crippen molar-refractivity contribution in [2.75, 3.05) is 5.32 Å². The first-order valence-corrected chi connectivity index (χ1v) is 7.25. The third kappa shape index (κ3) is 2.41. The lowest BCUT2D eigenvalue weighted by molar-refractivity contribution is -0.314. The summed E-state index contributed by atoms with van der Waals surface area (Å²) in [5.41, 5.74) is 1.15. The maximum Gasteiger partial charge on any atom is 0.228 e. The van der Waals surface area contributed by atoms with Crippen molar-refractivity contribution in [3.05, 3.63) is 29.6 Å². The van der Waals surface area contributed by atoms with E-state index >= 15 is 0 Å². The van der Waals surface area contributed by atoms with Crippen LogP contribution in [0.4, 0.5) is 10.1 Å². The summed E-state index contributed by atoms with van der Waals surface area (Å²) in [6.07, 6.45) is 2.55. The van der Waals surface area contributed by atoms with E-state index in [4.69, 9.17) is 0 Å². The highest BCUT2D eigenvalue weighted by atomic mass is 19.1. The Kier molecular flexibility index (Phi) is 3.43. The molecule has 2 aliphatic rings. The number of aryl methyl sites for hydroxylation is 1. The van der Waals surface area contributed by atoms with Crippen LogP contribution in [0.25, 0.3) is 0 Å². The third-order valence-corrected chi connectivity index (χ3v) is 4.94. The average molecular weight is 290 g/mol. The van der Waals surface area contributed by atoms with Crippen LogP contribution in [-0.2, 0) is 9.59 Å². The number of nitrogens with one attached hydrogen (secondary N) is 1. The second-order valence-corrected chi connectivity index (χ2v) is 6.15. The minimum absolute atomic E-state index is 0.0602. The number of carbonyl (C=O) groups is 2. The number of aliphatic carboxylic acids is 1. The molecule has 0 aliphatic heterocycles. The molecule has 4 nitrogen and oxygen atoms in total. The summed E-state index contributed by atoms with van der Waals surface area (Å²) in [6, 6.07) is 4.12. The van der Waals surface area contributed by atoms with Gasteiger partial charge in [-0.25, -0.2) is 4.39 Å². The van der Waals surface area contributed by atoms with Crippen LogP contribution >= 0.6 is 0 Å². The van der Waals surface area contributed by atoms with E-state index in [1.807, 2.05) is 0 Å². The number of halogens is 1. The molecule has 2 aliphatic carbocycles. The number of fused-ring (bicyclic) bond motifs is 2. The van der Waals surface area contributed by atoms with Gasteiger partial charge in [0.05, 0.1) is 0 Å². The first-order chi connectivity index (χ1) is 9.97.